The molecule has 2 amide bonds. The molecule has 0 bridgehead atoms. The molecule has 2 aliphatic heterocycles. The van der Waals surface area contributed by atoms with Crippen LogP contribution in [0.15, 0.2) is 6.33 Å². The maximum absolute atomic E-state index is 12.2. The SMILES string of the molecule is O=C(Nc1ncnc(NC(=O)C2CCSCC2)n1)C1CCSCC1. The number of aromatic nitrogens is 3. The van der Waals surface area contributed by atoms with Crippen LogP contribution in [0.5, 0.6) is 0 Å². The Morgan fingerprint density at radius 2 is 1.25 bits per heavy atom. The third-order valence-corrected chi connectivity index (χ3v) is 6.32. The molecule has 3 rings (SSSR count). The maximum Gasteiger partial charge on any atom is 0.234 e. The molecule has 2 N–H and O–H groups in total. The fourth-order valence-electron chi connectivity index (χ4n) is 2.76. The van der Waals surface area contributed by atoms with Gasteiger partial charge in [0.15, 0.2) is 0 Å². The second-order valence-corrected chi connectivity index (χ2v) is 8.33. The van der Waals surface area contributed by atoms with Crippen molar-refractivity contribution in [1.82, 2.24) is 15.0 Å². The lowest BCUT2D eigenvalue weighted by Gasteiger charge is -2.20. The number of rotatable bonds is 4. The van der Waals surface area contributed by atoms with Crippen molar-refractivity contribution in [1.29, 1.82) is 0 Å². The molecule has 0 aliphatic carbocycles. The molecule has 1 aromatic rings. The van der Waals surface area contributed by atoms with Gasteiger partial charge in [0.2, 0.25) is 23.7 Å². The van der Waals surface area contributed by atoms with E-state index >= 15 is 0 Å². The Labute approximate surface area is 149 Å². The first-order valence-corrected chi connectivity index (χ1v) is 10.5. The largest absolute Gasteiger partial charge is 0.294 e. The van der Waals surface area contributed by atoms with Gasteiger partial charge in [-0.3, -0.25) is 20.2 Å². The fraction of sp³-hybridized carbons (Fsp3) is 0.667. The van der Waals surface area contributed by atoms with Gasteiger partial charge in [0.25, 0.3) is 0 Å². The van der Waals surface area contributed by atoms with E-state index in [9.17, 15) is 9.59 Å². The van der Waals surface area contributed by atoms with E-state index in [1.165, 1.54) is 6.33 Å². The highest BCUT2D eigenvalue weighted by Crippen LogP contribution is 2.24. The van der Waals surface area contributed by atoms with Crippen molar-refractivity contribution in [3.05, 3.63) is 6.33 Å². The molecule has 9 heteroatoms. The monoisotopic (exact) mass is 367 g/mol. The van der Waals surface area contributed by atoms with Crippen LogP contribution in [0, 0.1) is 11.8 Å². The maximum atomic E-state index is 12.2. The molecule has 0 radical (unpaired) electrons. The molecule has 0 unspecified atom stereocenters. The van der Waals surface area contributed by atoms with E-state index in [4.69, 9.17) is 0 Å². The summed E-state index contributed by atoms with van der Waals surface area (Å²) >= 11 is 3.75. The van der Waals surface area contributed by atoms with Crippen LogP contribution in [0.25, 0.3) is 0 Å². The minimum atomic E-state index is -0.0527. The third-order valence-electron chi connectivity index (χ3n) is 4.23. The Balaban J connectivity index is 1.57. The van der Waals surface area contributed by atoms with Crippen LogP contribution in [-0.2, 0) is 9.59 Å². The second-order valence-electron chi connectivity index (χ2n) is 5.88. The van der Waals surface area contributed by atoms with E-state index in [-0.39, 0.29) is 35.5 Å². The van der Waals surface area contributed by atoms with Crippen LogP contribution in [0.3, 0.4) is 0 Å². The first-order chi connectivity index (χ1) is 11.7. The Hall–Kier alpha value is -1.35. The van der Waals surface area contributed by atoms with Crippen molar-refractivity contribution >= 4 is 47.2 Å². The topological polar surface area (TPSA) is 96.9 Å². The normalized spacial score (nSPS) is 19.7. The fourth-order valence-corrected chi connectivity index (χ4v) is 4.97. The van der Waals surface area contributed by atoms with Crippen LogP contribution < -0.4 is 10.6 Å². The predicted octanol–water partition coefficient (Wildman–Crippen LogP) is 2.04. The molecule has 0 atom stereocenters. The van der Waals surface area contributed by atoms with Gasteiger partial charge in [0, 0.05) is 11.8 Å². The first kappa shape index (κ1) is 17.5. The second kappa shape index (κ2) is 8.66. The Kier molecular flexibility index (Phi) is 6.30. The number of nitrogens with zero attached hydrogens (tertiary/aromatic N) is 3. The number of carbonyl (C=O) groups is 2. The number of carbonyl (C=O) groups excluding carboxylic acids is 2. The van der Waals surface area contributed by atoms with Crippen molar-refractivity contribution in [3.63, 3.8) is 0 Å². The minimum Gasteiger partial charge on any atom is -0.294 e. The molecule has 2 aliphatic rings. The van der Waals surface area contributed by atoms with E-state index in [0.29, 0.717) is 0 Å². The summed E-state index contributed by atoms with van der Waals surface area (Å²) in [7, 11) is 0. The lowest BCUT2D eigenvalue weighted by atomic mass is 10.0. The van der Waals surface area contributed by atoms with E-state index in [0.717, 1.165) is 48.7 Å². The summed E-state index contributed by atoms with van der Waals surface area (Å²) in [5.41, 5.74) is 0. The molecule has 2 fully saturated rings. The van der Waals surface area contributed by atoms with Crippen molar-refractivity contribution in [2.75, 3.05) is 33.6 Å². The van der Waals surface area contributed by atoms with Crippen LogP contribution in [-0.4, -0.2) is 49.8 Å². The van der Waals surface area contributed by atoms with Gasteiger partial charge in [0.05, 0.1) is 0 Å². The number of hydrogen-bond donors (Lipinski definition) is 2. The van der Waals surface area contributed by atoms with Gasteiger partial charge in [0.1, 0.15) is 6.33 Å². The molecule has 7 nitrogen and oxygen atoms in total. The van der Waals surface area contributed by atoms with Gasteiger partial charge in [-0.25, -0.2) is 9.97 Å². The first-order valence-electron chi connectivity index (χ1n) is 8.18. The quantitative estimate of drug-likeness (QED) is 0.840. The van der Waals surface area contributed by atoms with E-state index in [2.05, 4.69) is 25.6 Å². The van der Waals surface area contributed by atoms with Gasteiger partial charge < -0.3 is 0 Å². The number of nitrogens with one attached hydrogen (secondary N) is 2. The summed E-state index contributed by atoms with van der Waals surface area (Å²) in [5.74, 6) is 4.36. The molecule has 0 aromatic carbocycles. The average molecular weight is 368 g/mol. The Morgan fingerprint density at radius 1 is 0.833 bits per heavy atom. The zero-order valence-electron chi connectivity index (χ0n) is 13.4. The standard InChI is InChI=1S/C15H21N5O2S2/c21-12(10-1-5-23-6-2-10)18-14-16-9-17-15(20-14)19-13(22)11-3-7-24-8-4-11/h9-11H,1-8H2,(H2,16,17,18,19,20,21,22). The lowest BCUT2D eigenvalue weighted by Crippen LogP contribution is -2.28. The summed E-state index contributed by atoms with van der Waals surface area (Å²) in [5, 5.41) is 5.48. The van der Waals surface area contributed by atoms with Crippen molar-refractivity contribution in [2.45, 2.75) is 25.7 Å². The highest BCUT2D eigenvalue weighted by atomic mass is 32.2. The van der Waals surface area contributed by atoms with Gasteiger partial charge in [-0.1, -0.05) is 0 Å². The number of amides is 2. The Bertz CT molecular complexity index is 542. The predicted molar refractivity (Wildman–Crippen MR) is 97.2 cm³/mol. The summed E-state index contributed by atoms with van der Waals surface area (Å²) in [4.78, 5) is 36.6. The summed E-state index contributed by atoms with van der Waals surface area (Å²) < 4.78 is 0. The van der Waals surface area contributed by atoms with Crippen LogP contribution in [0.2, 0.25) is 0 Å². The molecule has 2 saturated heterocycles. The number of anilines is 2. The number of hydrogen-bond acceptors (Lipinski definition) is 7. The average Bonchev–Trinajstić information content (AvgIpc) is 2.63. The minimum absolute atomic E-state index is 0.0146. The van der Waals surface area contributed by atoms with Crippen molar-refractivity contribution < 1.29 is 9.59 Å². The molecule has 1 aromatic heterocycles. The van der Waals surface area contributed by atoms with Crippen LogP contribution >= 0.6 is 23.5 Å². The highest BCUT2D eigenvalue weighted by molar-refractivity contribution is 7.99. The Morgan fingerprint density at radius 3 is 1.67 bits per heavy atom. The van der Waals surface area contributed by atoms with Gasteiger partial charge in [-0.15, -0.1) is 0 Å². The van der Waals surface area contributed by atoms with Crippen LogP contribution in [0.4, 0.5) is 11.9 Å². The zero-order valence-corrected chi connectivity index (χ0v) is 15.0. The third kappa shape index (κ3) is 4.83. The van der Waals surface area contributed by atoms with Gasteiger partial charge in [-0.2, -0.15) is 28.5 Å². The number of thioether (sulfide) groups is 2. The summed E-state index contributed by atoms with van der Waals surface area (Å²) in [6.07, 6.45) is 4.83. The highest BCUT2D eigenvalue weighted by Gasteiger charge is 2.24. The smallest absolute Gasteiger partial charge is 0.234 e. The van der Waals surface area contributed by atoms with Crippen molar-refractivity contribution in [2.24, 2.45) is 11.8 Å². The molecule has 24 heavy (non-hydrogen) atoms. The van der Waals surface area contributed by atoms with Crippen LogP contribution in [0.1, 0.15) is 25.7 Å². The molecule has 130 valence electrons. The van der Waals surface area contributed by atoms with Crippen molar-refractivity contribution in [3.8, 4) is 0 Å². The molecule has 0 saturated carbocycles. The van der Waals surface area contributed by atoms with E-state index < -0.39 is 0 Å². The molecular formula is C15H21N5O2S2. The molecule has 3 heterocycles. The van der Waals surface area contributed by atoms with E-state index in [1.54, 1.807) is 0 Å². The lowest BCUT2D eigenvalue weighted by molar-refractivity contribution is -0.120. The van der Waals surface area contributed by atoms with Gasteiger partial charge >= 0.3 is 0 Å². The summed E-state index contributed by atoms with van der Waals surface area (Å²) in [6, 6.07) is 0. The summed E-state index contributed by atoms with van der Waals surface area (Å²) in [6.45, 7) is 0. The zero-order chi connectivity index (χ0) is 16.8. The molecular weight excluding hydrogens is 346 g/mol. The molecule has 0 spiro atoms. The van der Waals surface area contributed by atoms with E-state index in [1.807, 2.05) is 23.5 Å². The van der Waals surface area contributed by atoms with Gasteiger partial charge in [-0.05, 0) is 48.7 Å².